The van der Waals surface area contributed by atoms with E-state index in [0.29, 0.717) is 16.8 Å². The van der Waals surface area contributed by atoms with Gasteiger partial charge in [0.2, 0.25) is 0 Å². The van der Waals surface area contributed by atoms with Gasteiger partial charge in [0.15, 0.2) is 15.6 Å². The highest BCUT2D eigenvalue weighted by atomic mass is 32.2. The molecule has 0 saturated heterocycles. The third kappa shape index (κ3) is 5.25. The van der Waals surface area contributed by atoms with Crippen LogP contribution < -0.4 is 21.0 Å². The minimum atomic E-state index is -3.54. The first kappa shape index (κ1) is 22.8. The number of nitrogens with zero attached hydrogens (tertiary/aromatic N) is 1. The molecule has 3 aromatic rings. The third-order valence-corrected chi connectivity index (χ3v) is 5.96. The molecular formula is C23H24N4O4S. The SMILES string of the molecule is CN(c1cccc(C(=N)N)c1)C(C(=O)NOc1ccccc1S(C)(=O)=O)c1ccccc1. The second kappa shape index (κ2) is 9.52. The number of sulfone groups is 1. The summed E-state index contributed by atoms with van der Waals surface area (Å²) in [6.45, 7) is 0. The Morgan fingerprint density at radius 2 is 1.69 bits per heavy atom. The largest absolute Gasteiger partial charge is 0.384 e. The number of rotatable bonds is 8. The molecule has 0 bridgehead atoms. The smallest absolute Gasteiger partial charge is 0.279 e. The fourth-order valence-corrected chi connectivity index (χ4v) is 4.03. The maximum Gasteiger partial charge on any atom is 0.279 e. The lowest BCUT2D eigenvalue weighted by Crippen LogP contribution is -2.40. The second-order valence-corrected chi connectivity index (χ2v) is 9.16. The molecule has 0 aliphatic heterocycles. The molecule has 0 aliphatic rings. The molecule has 8 nitrogen and oxygen atoms in total. The Balaban J connectivity index is 1.91. The van der Waals surface area contributed by atoms with Gasteiger partial charge in [-0.2, -0.15) is 5.48 Å². The Morgan fingerprint density at radius 1 is 1.03 bits per heavy atom. The first-order valence-corrected chi connectivity index (χ1v) is 11.6. The Morgan fingerprint density at radius 3 is 2.34 bits per heavy atom. The van der Waals surface area contributed by atoms with Gasteiger partial charge >= 0.3 is 0 Å². The van der Waals surface area contributed by atoms with Crippen molar-refractivity contribution in [3.05, 3.63) is 90.0 Å². The molecule has 0 heterocycles. The van der Waals surface area contributed by atoms with Gasteiger partial charge in [0.1, 0.15) is 16.8 Å². The summed E-state index contributed by atoms with van der Waals surface area (Å²) in [6, 6.07) is 21.3. The molecule has 1 amide bonds. The zero-order valence-electron chi connectivity index (χ0n) is 17.6. The van der Waals surface area contributed by atoms with Crippen molar-refractivity contribution >= 4 is 27.3 Å². The summed E-state index contributed by atoms with van der Waals surface area (Å²) >= 11 is 0. The number of nitrogen functional groups attached to an aromatic ring is 1. The first-order valence-electron chi connectivity index (χ1n) is 9.66. The number of nitrogens with two attached hydrogens (primary N) is 1. The number of carbonyl (C=O) groups excluding carboxylic acids is 1. The zero-order valence-corrected chi connectivity index (χ0v) is 18.5. The normalized spacial score (nSPS) is 11.9. The number of hydroxylamine groups is 1. The highest BCUT2D eigenvalue weighted by Crippen LogP contribution is 2.27. The average molecular weight is 453 g/mol. The van der Waals surface area contributed by atoms with Crippen LogP contribution in [-0.4, -0.2) is 33.5 Å². The quantitative estimate of drug-likeness (QED) is 0.274. The predicted molar refractivity (Wildman–Crippen MR) is 123 cm³/mol. The van der Waals surface area contributed by atoms with Crippen LogP contribution in [0.5, 0.6) is 5.75 Å². The summed E-state index contributed by atoms with van der Waals surface area (Å²) < 4.78 is 24.0. The minimum absolute atomic E-state index is 0.0244. The van der Waals surface area contributed by atoms with E-state index in [9.17, 15) is 13.2 Å². The first-order chi connectivity index (χ1) is 15.2. The number of anilines is 1. The van der Waals surface area contributed by atoms with E-state index >= 15 is 0 Å². The summed E-state index contributed by atoms with van der Waals surface area (Å²) in [7, 11) is -1.81. The second-order valence-electron chi connectivity index (χ2n) is 7.18. The molecule has 0 aliphatic carbocycles. The molecule has 3 aromatic carbocycles. The van der Waals surface area contributed by atoms with Crippen LogP contribution in [0.1, 0.15) is 17.2 Å². The lowest BCUT2D eigenvalue weighted by atomic mass is 10.0. The molecule has 166 valence electrons. The molecule has 9 heteroatoms. The van der Waals surface area contributed by atoms with E-state index in [0.717, 1.165) is 6.26 Å². The van der Waals surface area contributed by atoms with Gasteiger partial charge in [-0.3, -0.25) is 10.2 Å². The Hall–Kier alpha value is -3.85. The summed E-state index contributed by atoms with van der Waals surface area (Å²) in [4.78, 5) is 20.3. The Kier molecular flexibility index (Phi) is 6.79. The van der Waals surface area contributed by atoms with Crippen molar-refractivity contribution in [3.8, 4) is 5.75 Å². The van der Waals surface area contributed by atoms with Crippen molar-refractivity contribution in [3.63, 3.8) is 0 Å². The molecule has 32 heavy (non-hydrogen) atoms. The molecule has 3 rings (SSSR count). The van der Waals surface area contributed by atoms with Gasteiger partial charge in [-0.25, -0.2) is 8.42 Å². The van der Waals surface area contributed by atoms with E-state index < -0.39 is 21.8 Å². The molecule has 1 atom stereocenters. The Labute approximate surface area is 187 Å². The highest BCUT2D eigenvalue weighted by molar-refractivity contribution is 7.90. The van der Waals surface area contributed by atoms with E-state index in [4.69, 9.17) is 16.0 Å². The molecule has 0 fully saturated rings. The fraction of sp³-hybridized carbons (Fsp3) is 0.130. The van der Waals surface area contributed by atoms with Crippen molar-refractivity contribution < 1.29 is 18.0 Å². The van der Waals surface area contributed by atoms with Crippen LogP contribution in [-0.2, 0) is 14.6 Å². The van der Waals surface area contributed by atoms with Crippen molar-refractivity contribution in [1.82, 2.24) is 5.48 Å². The van der Waals surface area contributed by atoms with Crippen LogP contribution in [0.3, 0.4) is 0 Å². The maximum atomic E-state index is 13.2. The number of amides is 1. The number of nitrogens with one attached hydrogen (secondary N) is 2. The number of hydrogen-bond acceptors (Lipinski definition) is 6. The topological polar surface area (TPSA) is 126 Å². The van der Waals surface area contributed by atoms with Crippen molar-refractivity contribution in [2.45, 2.75) is 10.9 Å². The summed E-state index contributed by atoms with van der Waals surface area (Å²) in [5.74, 6) is -0.562. The Bertz CT molecular complexity index is 1230. The standard InChI is InChI=1S/C23H24N4O4S/c1-27(18-12-8-11-17(15-18)22(24)25)21(16-9-4-3-5-10-16)23(28)26-31-19-13-6-7-14-20(19)32(2,29)30/h3-15,21H,1-2H3,(H3,24,25)(H,26,28). The zero-order chi connectivity index (χ0) is 23.3. The van der Waals surface area contributed by atoms with Crippen LogP contribution in [0.25, 0.3) is 0 Å². The third-order valence-electron chi connectivity index (χ3n) is 4.83. The van der Waals surface area contributed by atoms with Gasteiger partial charge in [-0.1, -0.05) is 54.6 Å². The molecular weight excluding hydrogens is 428 g/mol. The predicted octanol–water partition coefficient (Wildman–Crippen LogP) is 2.66. The summed E-state index contributed by atoms with van der Waals surface area (Å²) in [6.07, 6.45) is 1.07. The molecule has 4 N–H and O–H groups in total. The van der Waals surface area contributed by atoms with Crippen LogP contribution in [0.2, 0.25) is 0 Å². The van der Waals surface area contributed by atoms with Gasteiger partial charge in [0.05, 0.1) is 0 Å². The number of benzene rings is 3. The monoisotopic (exact) mass is 452 g/mol. The number of carbonyl (C=O) groups is 1. The average Bonchev–Trinajstić information content (AvgIpc) is 2.78. The number of likely N-dealkylation sites (N-methyl/N-ethyl adjacent to an activating group) is 1. The van der Waals surface area contributed by atoms with Crippen LogP contribution in [0.4, 0.5) is 5.69 Å². The van der Waals surface area contributed by atoms with Gasteiger partial charge in [0, 0.05) is 24.6 Å². The van der Waals surface area contributed by atoms with E-state index in [2.05, 4.69) is 5.48 Å². The van der Waals surface area contributed by atoms with E-state index in [1.165, 1.54) is 12.1 Å². The van der Waals surface area contributed by atoms with Crippen molar-refractivity contribution in [2.24, 2.45) is 5.73 Å². The van der Waals surface area contributed by atoms with Crippen LogP contribution in [0, 0.1) is 5.41 Å². The van der Waals surface area contributed by atoms with Crippen LogP contribution >= 0.6 is 0 Å². The van der Waals surface area contributed by atoms with Crippen LogP contribution in [0.15, 0.2) is 83.8 Å². The van der Waals surface area contributed by atoms with Crippen molar-refractivity contribution in [1.29, 1.82) is 5.41 Å². The number of para-hydroxylation sites is 1. The lowest BCUT2D eigenvalue weighted by Gasteiger charge is -2.29. The highest BCUT2D eigenvalue weighted by Gasteiger charge is 2.27. The van der Waals surface area contributed by atoms with Gasteiger partial charge < -0.3 is 15.5 Å². The number of hydrogen-bond donors (Lipinski definition) is 3. The van der Waals surface area contributed by atoms with E-state index in [-0.39, 0.29) is 16.5 Å². The molecule has 0 saturated carbocycles. The van der Waals surface area contributed by atoms with Crippen molar-refractivity contribution in [2.75, 3.05) is 18.2 Å². The van der Waals surface area contributed by atoms with E-state index in [1.54, 1.807) is 60.5 Å². The van der Waals surface area contributed by atoms with E-state index in [1.807, 2.05) is 18.2 Å². The summed E-state index contributed by atoms with van der Waals surface area (Å²) in [5, 5.41) is 7.67. The molecule has 1 unspecified atom stereocenters. The minimum Gasteiger partial charge on any atom is -0.384 e. The maximum absolute atomic E-state index is 13.2. The molecule has 0 radical (unpaired) electrons. The molecule has 0 aromatic heterocycles. The lowest BCUT2D eigenvalue weighted by molar-refractivity contribution is -0.129. The number of amidine groups is 1. The fourth-order valence-electron chi connectivity index (χ4n) is 3.23. The summed E-state index contributed by atoms with van der Waals surface area (Å²) in [5.41, 5.74) is 9.88. The molecule has 0 spiro atoms. The van der Waals surface area contributed by atoms with Gasteiger partial charge in [-0.05, 0) is 29.8 Å². The van der Waals surface area contributed by atoms with Gasteiger partial charge in [-0.15, -0.1) is 0 Å². The van der Waals surface area contributed by atoms with Gasteiger partial charge in [0.25, 0.3) is 5.91 Å².